The molecule has 0 radical (unpaired) electrons. The number of unbranched alkanes of at least 4 members (excludes halogenated alkanes) is 34. The molecule has 0 aromatic carbocycles. The summed E-state index contributed by atoms with van der Waals surface area (Å²) in [7, 11) is 1.55. The van der Waals surface area contributed by atoms with E-state index in [1.54, 1.807) is 6.08 Å². The Hall–Kier alpha value is -1.54. The van der Waals surface area contributed by atoms with Crippen LogP contribution in [0.4, 0.5) is 0 Å². The maximum Gasteiger partial charge on any atom is 0.472 e. The van der Waals surface area contributed by atoms with Gasteiger partial charge >= 0.3 is 7.82 Å². The SMILES string of the molecule is CCCCCCC/C=C\C/C=C\CCCCCCCCCCCC(=O)NC(COP(=O)(O)OCC[N+](C)(C)C)C(O)/C=C/CC/C=C/CCCCCCCCCCCCCCCCCCCCC. The summed E-state index contributed by atoms with van der Waals surface area (Å²) in [6, 6.07) is -0.867. The van der Waals surface area contributed by atoms with Gasteiger partial charge in [0, 0.05) is 6.42 Å². The number of nitrogens with one attached hydrogen (secondary N) is 1. The molecule has 0 bridgehead atoms. The Labute approximate surface area is 422 Å². The van der Waals surface area contributed by atoms with E-state index in [0.717, 1.165) is 44.9 Å². The predicted octanol–water partition coefficient (Wildman–Crippen LogP) is 17.5. The summed E-state index contributed by atoms with van der Waals surface area (Å²) in [5.74, 6) is -0.189. The fraction of sp³-hybridized carbons (Fsp3) is 0.847. The summed E-state index contributed by atoms with van der Waals surface area (Å²) in [5.41, 5.74) is 0. The van der Waals surface area contributed by atoms with Crippen molar-refractivity contribution in [3.05, 3.63) is 48.6 Å². The lowest BCUT2D eigenvalue weighted by molar-refractivity contribution is -0.870. The van der Waals surface area contributed by atoms with Crippen LogP contribution in [0.3, 0.4) is 0 Å². The molecule has 68 heavy (non-hydrogen) atoms. The van der Waals surface area contributed by atoms with Gasteiger partial charge in [0.05, 0.1) is 39.9 Å². The monoisotopic (exact) mass is 978 g/mol. The van der Waals surface area contributed by atoms with E-state index >= 15 is 0 Å². The zero-order chi connectivity index (χ0) is 49.9. The molecule has 0 rings (SSSR count). The molecule has 0 aromatic heterocycles. The molecule has 8 nitrogen and oxygen atoms in total. The van der Waals surface area contributed by atoms with Gasteiger partial charge in [-0.3, -0.25) is 13.8 Å². The molecule has 0 aromatic rings. The molecule has 0 heterocycles. The van der Waals surface area contributed by atoms with E-state index in [1.807, 2.05) is 27.2 Å². The van der Waals surface area contributed by atoms with E-state index in [0.29, 0.717) is 17.4 Å². The van der Waals surface area contributed by atoms with Crippen LogP contribution in [0.2, 0.25) is 0 Å². The number of allylic oxidation sites excluding steroid dienone is 7. The standard InChI is InChI=1S/C59H113N2O6P/c1-6-8-10-12-14-16-18-20-22-24-26-28-29-30-31-33-34-36-38-40-42-44-46-48-50-52-58(62)57(56-67-68(64,65)66-55-54-61(3,4)5)60-59(63)53-51-49-47-45-43-41-39-37-35-32-27-25-23-21-19-17-15-13-11-9-7-2/h19,21,25,27,42,44,50,52,57-58,62H,6-18,20,22-24,26,28-41,43,45-49,51,53-56H2,1-5H3,(H-,60,63,64,65)/p+1/b21-19-,27-25-,44-42+,52-50+. The van der Waals surface area contributed by atoms with Crippen LogP contribution >= 0.6 is 7.82 Å². The first kappa shape index (κ1) is 66.5. The van der Waals surface area contributed by atoms with E-state index < -0.39 is 20.0 Å². The van der Waals surface area contributed by atoms with Gasteiger partial charge in [-0.05, 0) is 64.2 Å². The minimum Gasteiger partial charge on any atom is -0.387 e. The summed E-state index contributed by atoms with van der Waals surface area (Å²) in [6.45, 7) is 4.81. The third-order valence-electron chi connectivity index (χ3n) is 13.0. The Balaban J connectivity index is 4.26. The average Bonchev–Trinajstić information content (AvgIpc) is 3.30. The van der Waals surface area contributed by atoms with Crippen molar-refractivity contribution in [2.24, 2.45) is 0 Å². The Kier molecular flexibility index (Phi) is 49.3. The molecular weight excluding hydrogens is 864 g/mol. The summed E-state index contributed by atoms with van der Waals surface area (Å²) >= 11 is 0. The summed E-state index contributed by atoms with van der Waals surface area (Å²) in [4.78, 5) is 23.3. The number of carbonyl (C=O) groups is 1. The first-order chi connectivity index (χ1) is 33.0. The second-order valence-corrected chi connectivity index (χ2v) is 22.5. The zero-order valence-corrected chi connectivity index (χ0v) is 46.5. The third-order valence-corrected chi connectivity index (χ3v) is 14.0. The Morgan fingerprint density at radius 2 is 0.853 bits per heavy atom. The zero-order valence-electron chi connectivity index (χ0n) is 45.6. The minimum atomic E-state index is -4.36. The second kappa shape index (κ2) is 50.4. The van der Waals surface area contributed by atoms with E-state index in [-0.39, 0.29) is 19.1 Å². The Bertz CT molecular complexity index is 1250. The number of quaternary nitrogens is 1. The Morgan fingerprint density at radius 3 is 1.26 bits per heavy atom. The molecule has 0 aliphatic carbocycles. The first-order valence-electron chi connectivity index (χ1n) is 29.0. The fourth-order valence-electron chi connectivity index (χ4n) is 8.44. The van der Waals surface area contributed by atoms with Gasteiger partial charge in [-0.2, -0.15) is 0 Å². The van der Waals surface area contributed by atoms with Crippen molar-refractivity contribution < 1.29 is 32.9 Å². The lowest BCUT2D eigenvalue weighted by atomic mass is 10.0. The van der Waals surface area contributed by atoms with Crippen molar-refractivity contribution in [3.63, 3.8) is 0 Å². The van der Waals surface area contributed by atoms with Crippen molar-refractivity contribution >= 4 is 13.7 Å². The van der Waals surface area contributed by atoms with Crippen LogP contribution in [0.5, 0.6) is 0 Å². The van der Waals surface area contributed by atoms with Crippen molar-refractivity contribution in [2.75, 3.05) is 40.9 Å². The van der Waals surface area contributed by atoms with Crippen molar-refractivity contribution in [3.8, 4) is 0 Å². The maximum absolute atomic E-state index is 13.0. The number of hydrogen-bond acceptors (Lipinski definition) is 5. The lowest BCUT2D eigenvalue weighted by Gasteiger charge is -2.25. The van der Waals surface area contributed by atoms with Gasteiger partial charge in [-0.1, -0.05) is 249 Å². The van der Waals surface area contributed by atoms with Gasteiger partial charge in [0.1, 0.15) is 13.2 Å². The Morgan fingerprint density at radius 1 is 0.500 bits per heavy atom. The van der Waals surface area contributed by atoms with Gasteiger partial charge < -0.3 is 19.8 Å². The number of likely N-dealkylation sites (N-methyl/N-ethyl adjacent to an activating group) is 1. The van der Waals surface area contributed by atoms with Crippen LogP contribution in [0.15, 0.2) is 48.6 Å². The number of amides is 1. The molecule has 3 N–H and O–H groups in total. The molecule has 0 aliphatic heterocycles. The number of phosphoric acid groups is 1. The number of hydrogen-bond donors (Lipinski definition) is 3. The molecule has 3 atom stereocenters. The van der Waals surface area contributed by atoms with E-state index in [2.05, 4.69) is 55.6 Å². The maximum atomic E-state index is 13.0. The van der Waals surface area contributed by atoms with Gasteiger partial charge in [-0.15, -0.1) is 0 Å². The smallest absolute Gasteiger partial charge is 0.387 e. The van der Waals surface area contributed by atoms with Crippen LogP contribution in [0.1, 0.15) is 271 Å². The molecule has 0 saturated heterocycles. The normalized spacial score (nSPS) is 14.3. The molecular formula is C59H114N2O6P+. The summed E-state index contributed by atoms with van der Waals surface area (Å²) in [5, 5.41) is 13.9. The van der Waals surface area contributed by atoms with E-state index in [4.69, 9.17) is 9.05 Å². The van der Waals surface area contributed by atoms with Gasteiger partial charge in [0.2, 0.25) is 5.91 Å². The number of rotatable bonds is 53. The van der Waals surface area contributed by atoms with Gasteiger partial charge in [0.15, 0.2) is 0 Å². The highest BCUT2D eigenvalue weighted by Crippen LogP contribution is 2.43. The van der Waals surface area contributed by atoms with Crippen molar-refractivity contribution in [1.29, 1.82) is 0 Å². The first-order valence-corrected chi connectivity index (χ1v) is 30.5. The number of phosphoric ester groups is 1. The van der Waals surface area contributed by atoms with Gasteiger partial charge in [-0.25, -0.2) is 4.57 Å². The highest BCUT2D eigenvalue weighted by atomic mass is 31.2. The molecule has 3 unspecified atom stereocenters. The number of nitrogens with zero attached hydrogens (tertiary/aromatic N) is 1. The molecule has 400 valence electrons. The molecule has 0 aliphatic rings. The second-order valence-electron chi connectivity index (χ2n) is 21.0. The van der Waals surface area contributed by atoms with Crippen LogP contribution < -0.4 is 5.32 Å². The largest absolute Gasteiger partial charge is 0.472 e. The average molecular weight is 979 g/mol. The summed E-state index contributed by atoms with van der Waals surface area (Å²) < 4.78 is 23.7. The molecule has 0 spiro atoms. The quantitative estimate of drug-likeness (QED) is 0.0243. The number of aliphatic hydroxyl groups excluding tert-OH is 1. The number of aliphatic hydroxyl groups is 1. The highest BCUT2D eigenvalue weighted by Gasteiger charge is 2.27. The molecule has 0 fully saturated rings. The van der Waals surface area contributed by atoms with E-state index in [9.17, 15) is 19.4 Å². The van der Waals surface area contributed by atoms with Crippen LogP contribution in [0.25, 0.3) is 0 Å². The van der Waals surface area contributed by atoms with Gasteiger partial charge in [0.25, 0.3) is 0 Å². The fourth-order valence-corrected chi connectivity index (χ4v) is 9.18. The molecule has 0 saturated carbocycles. The molecule has 1 amide bonds. The topological polar surface area (TPSA) is 105 Å². The van der Waals surface area contributed by atoms with E-state index in [1.165, 1.54) is 205 Å². The van der Waals surface area contributed by atoms with Crippen LogP contribution in [0, 0.1) is 0 Å². The van der Waals surface area contributed by atoms with Crippen molar-refractivity contribution in [2.45, 2.75) is 283 Å². The van der Waals surface area contributed by atoms with Crippen molar-refractivity contribution in [1.82, 2.24) is 5.32 Å². The number of carbonyl (C=O) groups excluding carboxylic acids is 1. The third kappa shape index (κ3) is 52.3. The summed E-state index contributed by atoms with van der Waals surface area (Å²) in [6.07, 6.45) is 66.4. The van der Waals surface area contributed by atoms with Crippen LogP contribution in [-0.2, 0) is 18.4 Å². The highest BCUT2D eigenvalue weighted by molar-refractivity contribution is 7.47. The lowest BCUT2D eigenvalue weighted by Crippen LogP contribution is -2.45. The minimum absolute atomic E-state index is 0.0546. The molecule has 9 heteroatoms. The predicted molar refractivity (Wildman–Crippen MR) is 295 cm³/mol. The van der Waals surface area contributed by atoms with Crippen LogP contribution in [-0.4, -0.2) is 73.4 Å².